The third kappa shape index (κ3) is 2.33. The third-order valence-electron chi connectivity index (χ3n) is 4.83. The molecule has 6 heteroatoms. The summed E-state index contributed by atoms with van der Waals surface area (Å²) in [4.78, 5) is 28.3. The SMILES string of the molecule is CN1C(=O)N(Cc2ccc(F)cc2Br)C(=O)C12CCCCC2. The zero-order chi connectivity index (χ0) is 15.9. The van der Waals surface area contributed by atoms with E-state index in [0.717, 1.165) is 37.7 Å². The average molecular weight is 369 g/mol. The van der Waals surface area contributed by atoms with E-state index in [1.165, 1.54) is 17.0 Å². The summed E-state index contributed by atoms with van der Waals surface area (Å²) in [6.07, 6.45) is 4.51. The molecular formula is C16H18BrFN2O2. The van der Waals surface area contributed by atoms with Crippen LogP contribution in [0, 0.1) is 5.82 Å². The molecule has 1 aliphatic heterocycles. The van der Waals surface area contributed by atoms with E-state index in [9.17, 15) is 14.0 Å². The van der Waals surface area contributed by atoms with Crippen LogP contribution in [0.4, 0.5) is 9.18 Å². The molecule has 0 unspecified atom stereocenters. The molecule has 0 bridgehead atoms. The highest BCUT2D eigenvalue weighted by Gasteiger charge is 2.55. The summed E-state index contributed by atoms with van der Waals surface area (Å²) in [6, 6.07) is 4.03. The lowest BCUT2D eigenvalue weighted by atomic mass is 9.81. The number of carbonyl (C=O) groups is 2. The topological polar surface area (TPSA) is 40.6 Å². The second-order valence-corrected chi connectivity index (χ2v) is 6.92. The third-order valence-corrected chi connectivity index (χ3v) is 5.57. The Labute approximate surface area is 137 Å². The van der Waals surface area contributed by atoms with E-state index in [1.807, 2.05) is 0 Å². The van der Waals surface area contributed by atoms with Gasteiger partial charge >= 0.3 is 6.03 Å². The lowest BCUT2D eigenvalue weighted by Crippen LogP contribution is -2.49. The van der Waals surface area contributed by atoms with Gasteiger partial charge in [0.15, 0.2) is 0 Å². The van der Waals surface area contributed by atoms with Crippen molar-refractivity contribution in [3.63, 3.8) is 0 Å². The first-order valence-electron chi connectivity index (χ1n) is 7.49. The minimum absolute atomic E-state index is 0.115. The van der Waals surface area contributed by atoms with Crippen molar-refractivity contribution >= 4 is 27.9 Å². The molecule has 1 aliphatic carbocycles. The molecule has 0 N–H and O–H groups in total. The number of likely N-dealkylation sites (N-methyl/N-ethyl adjacent to an activating group) is 1. The molecule has 4 nitrogen and oxygen atoms in total. The predicted molar refractivity (Wildman–Crippen MR) is 83.6 cm³/mol. The molecule has 1 aromatic carbocycles. The molecule has 1 aromatic rings. The van der Waals surface area contributed by atoms with Crippen molar-refractivity contribution < 1.29 is 14.0 Å². The summed E-state index contributed by atoms with van der Waals surface area (Å²) in [6.45, 7) is 0.171. The van der Waals surface area contributed by atoms with E-state index in [2.05, 4.69) is 15.9 Å². The molecule has 1 spiro atoms. The van der Waals surface area contributed by atoms with Crippen LogP contribution in [0.2, 0.25) is 0 Å². The van der Waals surface area contributed by atoms with Crippen molar-refractivity contribution in [2.75, 3.05) is 7.05 Å². The van der Waals surface area contributed by atoms with Gasteiger partial charge in [0, 0.05) is 11.5 Å². The molecule has 1 saturated carbocycles. The lowest BCUT2D eigenvalue weighted by molar-refractivity contribution is -0.134. The molecule has 3 rings (SSSR count). The Morgan fingerprint density at radius 2 is 1.91 bits per heavy atom. The van der Waals surface area contributed by atoms with Crippen LogP contribution in [0.1, 0.15) is 37.7 Å². The molecule has 2 aliphatic rings. The number of benzene rings is 1. The normalized spacial score (nSPS) is 21.0. The number of halogens is 2. The maximum Gasteiger partial charge on any atom is 0.327 e. The van der Waals surface area contributed by atoms with Gasteiger partial charge in [0.05, 0.1) is 6.54 Å². The van der Waals surface area contributed by atoms with Crippen LogP contribution in [-0.4, -0.2) is 34.3 Å². The van der Waals surface area contributed by atoms with Crippen molar-refractivity contribution in [2.45, 2.75) is 44.2 Å². The Hall–Kier alpha value is -1.43. The highest BCUT2D eigenvalue weighted by molar-refractivity contribution is 9.10. The minimum Gasteiger partial charge on any atom is -0.313 e. The van der Waals surface area contributed by atoms with Gasteiger partial charge in [0.2, 0.25) is 0 Å². The summed E-state index contributed by atoms with van der Waals surface area (Å²) < 4.78 is 13.7. The fraction of sp³-hybridized carbons (Fsp3) is 0.500. The van der Waals surface area contributed by atoms with Crippen molar-refractivity contribution in [1.82, 2.24) is 9.80 Å². The summed E-state index contributed by atoms with van der Waals surface area (Å²) in [5, 5.41) is 0. The first-order valence-corrected chi connectivity index (χ1v) is 8.29. The Morgan fingerprint density at radius 3 is 2.55 bits per heavy atom. The van der Waals surface area contributed by atoms with E-state index in [-0.39, 0.29) is 24.3 Å². The van der Waals surface area contributed by atoms with Crippen LogP contribution in [0.15, 0.2) is 22.7 Å². The number of hydrogen-bond donors (Lipinski definition) is 0. The summed E-state index contributed by atoms with van der Waals surface area (Å²) >= 11 is 3.29. The molecule has 22 heavy (non-hydrogen) atoms. The number of hydrogen-bond acceptors (Lipinski definition) is 2. The maximum absolute atomic E-state index is 13.2. The molecule has 3 amide bonds. The van der Waals surface area contributed by atoms with Crippen molar-refractivity contribution in [3.05, 3.63) is 34.1 Å². The van der Waals surface area contributed by atoms with Crippen LogP contribution in [0.3, 0.4) is 0 Å². The highest BCUT2D eigenvalue weighted by Crippen LogP contribution is 2.40. The van der Waals surface area contributed by atoms with E-state index in [0.29, 0.717) is 4.47 Å². The molecule has 0 atom stereocenters. The van der Waals surface area contributed by atoms with Gasteiger partial charge in [0.25, 0.3) is 5.91 Å². The average Bonchev–Trinajstić information content (AvgIpc) is 2.67. The molecule has 1 saturated heterocycles. The van der Waals surface area contributed by atoms with Crippen LogP contribution >= 0.6 is 15.9 Å². The van der Waals surface area contributed by atoms with E-state index in [1.54, 1.807) is 18.0 Å². The van der Waals surface area contributed by atoms with E-state index in [4.69, 9.17) is 0 Å². The van der Waals surface area contributed by atoms with Crippen molar-refractivity contribution in [2.24, 2.45) is 0 Å². The summed E-state index contributed by atoms with van der Waals surface area (Å²) in [5.74, 6) is -0.466. The largest absolute Gasteiger partial charge is 0.327 e. The van der Waals surface area contributed by atoms with Crippen LogP contribution < -0.4 is 0 Å². The van der Waals surface area contributed by atoms with Crippen LogP contribution in [0.5, 0.6) is 0 Å². The van der Waals surface area contributed by atoms with E-state index < -0.39 is 5.54 Å². The van der Waals surface area contributed by atoms with Crippen molar-refractivity contribution in [1.29, 1.82) is 0 Å². The molecule has 118 valence electrons. The van der Waals surface area contributed by atoms with Gasteiger partial charge in [0.1, 0.15) is 11.4 Å². The molecular weight excluding hydrogens is 351 g/mol. The number of amides is 3. The quantitative estimate of drug-likeness (QED) is 0.747. The number of urea groups is 1. The number of imide groups is 1. The predicted octanol–water partition coefficient (Wildman–Crippen LogP) is 3.69. The second-order valence-electron chi connectivity index (χ2n) is 6.06. The first kappa shape index (κ1) is 15.5. The van der Waals surface area contributed by atoms with Gasteiger partial charge in [-0.25, -0.2) is 9.18 Å². The Morgan fingerprint density at radius 1 is 1.23 bits per heavy atom. The van der Waals surface area contributed by atoms with Gasteiger partial charge in [-0.3, -0.25) is 9.69 Å². The first-order chi connectivity index (χ1) is 10.5. The van der Waals surface area contributed by atoms with E-state index >= 15 is 0 Å². The number of rotatable bonds is 2. The van der Waals surface area contributed by atoms with Crippen LogP contribution in [0.25, 0.3) is 0 Å². The Bertz CT molecular complexity index is 629. The maximum atomic E-state index is 13.2. The van der Waals surface area contributed by atoms with Gasteiger partial charge in [-0.1, -0.05) is 41.3 Å². The fourth-order valence-electron chi connectivity index (χ4n) is 3.49. The van der Waals surface area contributed by atoms with Crippen molar-refractivity contribution in [3.8, 4) is 0 Å². The Balaban J connectivity index is 1.88. The lowest BCUT2D eigenvalue weighted by Gasteiger charge is -2.35. The molecule has 1 heterocycles. The van der Waals surface area contributed by atoms with Gasteiger partial charge in [-0.05, 0) is 30.5 Å². The van der Waals surface area contributed by atoms with Gasteiger partial charge in [-0.15, -0.1) is 0 Å². The smallest absolute Gasteiger partial charge is 0.313 e. The number of carbonyl (C=O) groups excluding carboxylic acids is 2. The fourth-order valence-corrected chi connectivity index (χ4v) is 3.97. The minimum atomic E-state index is -0.665. The molecule has 0 radical (unpaired) electrons. The second kappa shape index (κ2) is 5.65. The summed E-state index contributed by atoms with van der Waals surface area (Å²) in [5.41, 5.74) is 0.0614. The highest BCUT2D eigenvalue weighted by atomic mass is 79.9. The van der Waals surface area contributed by atoms with Crippen LogP contribution in [-0.2, 0) is 11.3 Å². The number of nitrogens with zero attached hydrogens (tertiary/aromatic N) is 2. The molecule has 0 aromatic heterocycles. The molecule has 2 fully saturated rings. The Kier molecular flexibility index (Phi) is 3.97. The zero-order valence-electron chi connectivity index (χ0n) is 12.4. The monoisotopic (exact) mass is 368 g/mol. The van der Waals surface area contributed by atoms with Gasteiger partial charge in [-0.2, -0.15) is 0 Å². The summed E-state index contributed by atoms with van der Waals surface area (Å²) in [7, 11) is 1.71. The standard InChI is InChI=1S/C16H18BrFN2O2/c1-19-15(22)20(10-11-5-6-12(18)9-13(11)17)14(21)16(19)7-3-2-4-8-16/h5-6,9H,2-4,7-8,10H2,1H3. The zero-order valence-corrected chi connectivity index (χ0v) is 14.0. The van der Waals surface area contributed by atoms with Gasteiger partial charge < -0.3 is 4.90 Å².